The first kappa shape index (κ1) is 11.2. The molecule has 0 saturated carbocycles. The average molecular weight is 218 g/mol. The lowest BCUT2D eigenvalue weighted by atomic mass is 10.2. The van der Waals surface area contributed by atoms with E-state index in [0.29, 0.717) is 5.56 Å². The lowest BCUT2D eigenvalue weighted by Gasteiger charge is -2.09. The van der Waals surface area contributed by atoms with Gasteiger partial charge in [-0.1, -0.05) is 36.4 Å². The molecule has 0 saturated heterocycles. The summed E-state index contributed by atoms with van der Waals surface area (Å²) >= 11 is -0.0839. The zero-order valence-electron chi connectivity index (χ0n) is 7.51. The fraction of sp³-hybridized carbons (Fsp3) is 0.200. The molecule has 76 valence electrons. The number of benzene rings is 1. The monoisotopic (exact) mass is 218 g/mol. The van der Waals surface area contributed by atoms with Crippen molar-refractivity contribution in [3.05, 3.63) is 42.0 Å². The normalized spacial score (nSPS) is 13.0. The smallest absolute Gasteiger partial charge is 0.160 e. The van der Waals surface area contributed by atoms with Crippen LogP contribution in [0.4, 0.5) is 13.2 Å². The Morgan fingerprint density at radius 2 is 1.79 bits per heavy atom. The van der Waals surface area contributed by atoms with E-state index < -0.39 is 5.51 Å². The molecule has 0 amide bonds. The third-order valence-corrected chi connectivity index (χ3v) is 2.47. The zero-order chi connectivity index (χ0) is 10.6. The van der Waals surface area contributed by atoms with Crippen molar-refractivity contribution in [3.8, 4) is 0 Å². The van der Waals surface area contributed by atoms with Crippen LogP contribution in [0.25, 0.3) is 4.91 Å². The van der Waals surface area contributed by atoms with Gasteiger partial charge in [-0.3, -0.25) is 0 Å². The molecule has 14 heavy (non-hydrogen) atoms. The maximum atomic E-state index is 12.1. The van der Waals surface area contributed by atoms with Crippen LogP contribution in [-0.4, -0.2) is 5.51 Å². The van der Waals surface area contributed by atoms with Crippen molar-refractivity contribution in [2.45, 2.75) is 12.4 Å². The van der Waals surface area contributed by atoms with Gasteiger partial charge in [-0.2, -0.15) is 13.2 Å². The first-order chi connectivity index (χ1) is 6.53. The Hall–Kier alpha value is -0.900. The molecule has 0 aromatic heterocycles. The number of alkyl halides is 3. The van der Waals surface area contributed by atoms with Gasteiger partial charge in [0.05, 0.1) is 0 Å². The number of thioether (sulfide) groups is 1. The third kappa shape index (κ3) is 3.46. The quantitative estimate of drug-likeness (QED) is 0.713. The van der Waals surface area contributed by atoms with Crippen molar-refractivity contribution < 1.29 is 13.2 Å². The van der Waals surface area contributed by atoms with Gasteiger partial charge in [0.25, 0.3) is 0 Å². The minimum Gasteiger partial charge on any atom is -0.160 e. The van der Waals surface area contributed by atoms with Gasteiger partial charge in [-0.05, 0) is 24.2 Å². The second-order valence-electron chi connectivity index (χ2n) is 2.57. The van der Waals surface area contributed by atoms with E-state index in [-0.39, 0.29) is 16.7 Å². The van der Waals surface area contributed by atoms with Crippen molar-refractivity contribution in [1.82, 2.24) is 0 Å². The van der Waals surface area contributed by atoms with Gasteiger partial charge in [-0.15, -0.1) is 0 Å². The lowest BCUT2D eigenvalue weighted by Crippen LogP contribution is -1.99. The molecule has 0 heterocycles. The van der Waals surface area contributed by atoms with E-state index in [9.17, 15) is 13.2 Å². The molecule has 0 bridgehead atoms. The summed E-state index contributed by atoms with van der Waals surface area (Å²) in [5.41, 5.74) is -3.63. The molecule has 0 spiro atoms. The Kier molecular flexibility index (Phi) is 3.63. The van der Waals surface area contributed by atoms with Gasteiger partial charge in [0.2, 0.25) is 0 Å². The molecule has 4 heteroatoms. The van der Waals surface area contributed by atoms with Crippen LogP contribution in [0, 0.1) is 0 Å². The number of allylic oxidation sites excluding steroid dienone is 1. The van der Waals surface area contributed by atoms with Crippen molar-refractivity contribution in [2.75, 3.05) is 0 Å². The molecule has 0 aliphatic carbocycles. The van der Waals surface area contributed by atoms with Crippen LogP contribution in [0.15, 0.2) is 36.4 Å². The Morgan fingerprint density at radius 1 is 1.21 bits per heavy atom. The highest BCUT2D eigenvalue weighted by molar-refractivity contribution is 8.09. The molecule has 0 aliphatic rings. The summed E-state index contributed by atoms with van der Waals surface area (Å²) < 4.78 is 36.3. The second-order valence-corrected chi connectivity index (χ2v) is 3.67. The summed E-state index contributed by atoms with van der Waals surface area (Å²) in [6.45, 7) is 1.60. The maximum absolute atomic E-state index is 12.1. The molecule has 0 aliphatic heterocycles. The molecule has 0 fully saturated rings. The van der Waals surface area contributed by atoms with Crippen molar-refractivity contribution in [2.24, 2.45) is 0 Å². The van der Waals surface area contributed by atoms with Crippen LogP contribution in [0.3, 0.4) is 0 Å². The van der Waals surface area contributed by atoms with E-state index >= 15 is 0 Å². The second kappa shape index (κ2) is 4.55. The predicted octanol–water partition coefficient (Wildman–Crippen LogP) is 4.30. The largest absolute Gasteiger partial charge is 0.446 e. The summed E-state index contributed by atoms with van der Waals surface area (Å²) in [6, 6.07) is 8.53. The molecule has 0 nitrogen and oxygen atoms in total. The highest BCUT2D eigenvalue weighted by atomic mass is 32.2. The molecule has 0 unspecified atom stereocenters. The molecule has 1 aromatic carbocycles. The van der Waals surface area contributed by atoms with Crippen molar-refractivity contribution >= 4 is 16.7 Å². The van der Waals surface area contributed by atoms with Crippen LogP contribution < -0.4 is 0 Å². The molecule has 1 rings (SSSR count). The fourth-order valence-electron chi connectivity index (χ4n) is 1.01. The lowest BCUT2D eigenvalue weighted by molar-refractivity contribution is -0.0317. The van der Waals surface area contributed by atoms with E-state index in [0.717, 1.165) is 0 Å². The van der Waals surface area contributed by atoms with E-state index in [1.165, 1.54) is 6.08 Å². The fourth-order valence-corrected chi connectivity index (χ4v) is 1.63. The standard InChI is InChI=1S/C10H9F3S/c1-2-9(14-10(11,12)13)8-6-4-3-5-7-8/h2-7H,1H3/b9-2-. The molecular formula is C10H9F3S. The highest BCUT2D eigenvalue weighted by Crippen LogP contribution is 2.40. The molecule has 0 atom stereocenters. The van der Waals surface area contributed by atoms with E-state index in [1.54, 1.807) is 37.3 Å². The van der Waals surface area contributed by atoms with Crippen LogP contribution in [0.1, 0.15) is 12.5 Å². The van der Waals surface area contributed by atoms with Crippen LogP contribution >= 0.6 is 11.8 Å². The summed E-state index contributed by atoms with van der Waals surface area (Å²) in [7, 11) is 0. The number of rotatable bonds is 2. The summed E-state index contributed by atoms with van der Waals surface area (Å²) in [5.74, 6) is 0. The molecular weight excluding hydrogens is 209 g/mol. The first-order valence-corrected chi connectivity index (χ1v) is 4.82. The van der Waals surface area contributed by atoms with E-state index in [4.69, 9.17) is 0 Å². The number of hydrogen-bond donors (Lipinski definition) is 0. The van der Waals surface area contributed by atoms with Gasteiger partial charge >= 0.3 is 5.51 Å². The van der Waals surface area contributed by atoms with Gasteiger partial charge in [0.15, 0.2) is 0 Å². The predicted molar refractivity (Wildman–Crippen MR) is 53.7 cm³/mol. The third-order valence-electron chi connectivity index (χ3n) is 1.55. The number of halogens is 3. The van der Waals surface area contributed by atoms with Crippen LogP contribution in [0.2, 0.25) is 0 Å². The van der Waals surface area contributed by atoms with Crippen LogP contribution in [0.5, 0.6) is 0 Å². The Bertz CT molecular complexity index is 314. The maximum Gasteiger partial charge on any atom is 0.446 e. The summed E-state index contributed by atoms with van der Waals surface area (Å²) in [6.07, 6.45) is 1.47. The van der Waals surface area contributed by atoms with Gasteiger partial charge in [0, 0.05) is 4.91 Å². The minimum atomic E-state index is -4.22. The Labute approximate surface area is 84.8 Å². The highest BCUT2D eigenvalue weighted by Gasteiger charge is 2.30. The summed E-state index contributed by atoms with van der Waals surface area (Å²) in [5, 5.41) is 0. The van der Waals surface area contributed by atoms with Crippen LogP contribution in [-0.2, 0) is 0 Å². The van der Waals surface area contributed by atoms with E-state index in [1.807, 2.05) is 0 Å². The Balaban J connectivity index is 2.85. The van der Waals surface area contributed by atoms with Crippen molar-refractivity contribution in [1.29, 1.82) is 0 Å². The van der Waals surface area contributed by atoms with Crippen molar-refractivity contribution in [3.63, 3.8) is 0 Å². The molecule has 0 radical (unpaired) electrons. The van der Waals surface area contributed by atoms with E-state index in [2.05, 4.69) is 0 Å². The average Bonchev–Trinajstić information content (AvgIpc) is 2.14. The SMILES string of the molecule is C/C=C(\SC(F)(F)F)c1ccccc1. The van der Waals surface area contributed by atoms with Gasteiger partial charge < -0.3 is 0 Å². The summed E-state index contributed by atoms with van der Waals surface area (Å²) in [4.78, 5) is 0.234. The topological polar surface area (TPSA) is 0 Å². The van der Waals surface area contributed by atoms with Gasteiger partial charge in [0.1, 0.15) is 0 Å². The molecule has 0 N–H and O–H groups in total. The number of hydrogen-bond acceptors (Lipinski definition) is 1. The zero-order valence-corrected chi connectivity index (χ0v) is 8.32. The Morgan fingerprint density at radius 3 is 2.21 bits per heavy atom. The molecule has 1 aromatic rings. The minimum absolute atomic E-state index is 0.0839. The first-order valence-electron chi connectivity index (χ1n) is 4.00. The van der Waals surface area contributed by atoms with Gasteiger partial charge in [-0.25, -0.2) is 0 Å².